The quantitative estimate of drug-likeness (QED) is 0.510. The number of nitrogens with one attached hydrogen (secondary N) is 2. The number of rotatable bonds is 8. The smallest absolute Gasteiger partial charge is 0.0930 e. The van der Waals surface area contributed by atoms with Crippen LogP contribution in [0.25, 0.3) is 5.70 Å². The third-order valence-electron chi connectivity index (χ3n) is 5.39. The third-order valence-corrected chi connectivity index (χ3v) is 5.39. The zero-order valence-electron chi connectivity index (χ0n) is 15.7. The highest BCUT2D eigenvalue weighted by molar-refractivity contribution is 6.00. The molecule has 0 amide bonds. The maximum absolute atomic E-state index is 5.79. The number of hydrogen-bond donors (Lipinski definition) is 2. The number of aromatic amines is 1. The summed E-state index contributed by atoms with van der Waals surface area (Å²) in [6, 6.07) is 0.236. The summed E-state index contributed by atoms with van der Waals surface area (Å²) >= 11 is 0. The number of nitrogens with zero attached hydrogens (tertiary/aromatic N) is 1. The maximum atomic E-state index is 5.79. The molecule has 0 radical (unpaired) electrons. The number of aliphatic imine (C=N–C) groups is 1. The van der Waals surface area contributed by atoms with Crippen LogP contribution in [0.3, 0.4) is 0 Å². The number of H-pyrrole nitrogens is 1. The molecule has 2 aliphatic carbocycles. The van der Waals surface area contributed by atoms with Gasteiger partial charge in [0.05, 0.1) is 5.69 Å². The van der Waals surface area contributed by atoms with Crippen molar-refractivity contribution in [2.75, 3.05) is 0 Å². The molecule has 1 unspecified atom stereocenters. The van der Waals surface area contributed by atoms with E-state index in [-0.39, 0.29) is 11.5 Å². The average molecular weight is 335 g/mol. The predicted octanol–water partition coefficient (Wildman–Crippen LogP) is 4.99. The fourth-order valence-corrected chi connectivity index (χ4v) is 3.38. The largest absolute Gasteiger partial charge is 0.380 e. The molecule has 1 aromatic rings. The van der Waals surface area contributed by atoms with Gasteiger partial charge in [-0.15, -0.1) is 6.42 Å². The first-order chi connectivity index (χ1) is 11.9. The van der Waals surface area contributed by atoms with E-state index in [2.05, 4.69) is 43.2 Å². The van der Waals surface area contributed by atoms with Crippen molar-refractivity contribution < 1.29 is 0 Å². The Morgan fingerprint density at radius 1 is 1.44 bits per heavy atom. The Hall–Kier alpha value is -2.21. The Balaban J connectivity index is 1.85. The van der Waals surface area contributed by atoms with E-state index < -0.39 is 0 Å². The first-order valence-electron chi connectivity index (χ1n) is 9.20. The zero-order valence-corrected chi connectivity index (χ0v) is 15.7. The van der Waals surface area contributed by atoms with Crippen molar-refractivity contribution in [1.29, 1.82) is 0 Å². The summed E-state index contributed by atoms with van der Waals surface area (Å²) in [6.45, 7) is 14.5. The molecule has 2 saturated carbocycles. The number of hydrogen-bond acceptors (Lipinski definition) is 2. The second-order valence-electron chi connectivity index (χ2n) is 8.00. The van der Waals surface area contributed by atoms with E-state index in [0.29, 0.717) is 11.8 Å². The number of terminal acetylenes is 1. The summed E-state index contributed by atoms with van der Waals surface area (Å²) in [5.41, 5.74) is 4.81. The molecule has 0 aliphatic heterocycles. The van der Waals surface area contributed by atoms with Gasteiger partial charge in [0.15, 0.2) is 0 Å². The second kappa shape index (κ2) is 6.59. The lowest BCUT2D eigenvalue weighted by Gasteiger charge is -2.32. The van der Waals surface area contributed by atoms with Crippen molar-refractivity contribution in [2.24, 2.45) is 22.2 Å². The Morgan fingerprint density at radius 3 is 2.64 bits per heavy atom. The van der Waals surface area contributed by atoms with Crippen LogP contribution in [0.5, 0.6) is 0 Å². The van der Waals surface area contributed by atoms with Crippen LogP contribution in [0.2, 0.25) is 0 Å². The predicted molar refractivity (Wildman–Crippen MR) is 107 cm³/mol. The van der Waals surface area contributed by atoms with Gasteiger partial charge in [0.25, 0.3) is 0 Å². The lowest BCUT2D eigenvalue weighted by atomic mass is 9.82. The van der Waals surface area contributed by atoms with E-state index in [1.807, 2.05) is 19.2 Å². The maximum Gasteiger partial charge on any atom is 0.0930 e. The molecular formula is C22H29N3. The second-order valence-corrected chi connectivity index (χ2v) is 8.00. The SMILES string of the molecule is C#CC(C)(C)C(NC(=C)c1c[nH]c(C)c1/N=C(\C=C)C1CC1)C1CC1. The molecule has 1 atom stereocenters. The van der Waals surface area contributed by atoms with Crippen LogP contribution in [0, 0.1) is 36.5 Å². The first-order valence-corrected chi connectivity index (χ1v) is 9.20. The molecule has 2 N–H and O–H groups in total. The van der Waals surface area contributed by atoms with Gasteiger partial charge in [0.2, 0.25) is 0 Å². The highest BCUT2D eigenvalue weighted by Crippen LogP contribution is 2.42. The van der Waals surface area contributed by atoms with Crippen molar-refractivity contribution in [3.05, 3.63) is 36.7 Å². The minimum absolute atomic E-state index is 0.209. The molecule has 1 heterocycles. The van der Waals surface area contributed by atoms with Crippen LogP contribution < -0.4 is 5.32 Å². The standard InChI is InChI=1S/C22H29N3/c1-7-19(16-9-10-16)25-20-15(4)23-13-18(20)14(3)24-21(17-11-12-17)22(5,6)8-2/h2,7,13,16-17,21,23-24H,1,3,9-12H2,4-6H3/b25-19+. The molecule has 3 heteroatoms. The van der Waals surface area contributed by atoms with Gasteiger partial charge >= 0.3 is 0 Å². The minimum atomic E-state index is -0.209. The van der Waals surface area contributed by atoms with Crippen LogP contribution >= 0.6 is 0 Å². The Labute approximate surface area is 151 Å². The number of aromatic nitrogens is 1. The van der Waals surface area contributed by atoms with E-state index in [1.165, 1.54) is 25.7 Å². The zero-order chi connectivity index (χ0) is 18.2. The van der Waals surface area contributed by atoms with Crippen LogP contribution in [0.1, 0.15) is 50.8 Å². The summed E-state index contributed by atoms with van der Waals surface area (Å²) in [7, 11) is 0. The van der Waals surface area contributed by atoms with Crippen LogP contribution in [-0.4, -0.2) is 16.7 Å². The normalized spacial score (nSPS) is 19.2. The minimum Gasteiger partial charge on any atom is -0.380 e. The summed E-state index contributed by atoms with van der Waals surface area (Å²) in [6.07, 6.45) is 14.5. The van der Waals surface area contributed by atoms with Crippen molar-refractivity contribution in [2.45, 2.75) is 52.5 Å². The monoisotopic (exact) mass is 335 g/mol. The van der Waals surface area contributed by atoms with E-state index >= 15 is 0 Å². The number of allylic oxidation sites excluding steroid dienone is 1. The lowest BCUT2D eigenvalue weighted by molar-refractivity contribution is 0.321. The molecule has 1 aromatic heterocycles. The molecule has 0 spiro atoms. The molecule has 3 rings (SSSR count). The van der Waals surface area contributed by atoms with E-state index in [1.54, 1.807) is 0 Å². The van der Waals surface area contributed by atoms with Gasteiger partial charge in [-0.2, -0.15) is 0 Å². The van der Waals surface area contributed by atoms with Gasteiger partial charge < -0.3 is 10.3 Å². The van der Waals surface area contributed by atoms with Crippen molar-refractivity contribution in [3.63, 3.8) is 0 Å². The van der Waals surface area contributed by atoms with E-state index in [4.69, 9.17) is 11.4 Å². The third kappa shape index (κ3) is 3.74. The lowest BCUT2D eigenvalue weighted by Crippen LogP contribution is -2.41. The van der Waals surface area contributed by atoms with Crippen LogP contribution in [0.15, 0.2) is 30.4 Å². The molecule has 132 valence electrons. The van der Waals surface area contributed by atoms with E-state index in [9.17, 15) is 0 Å². The molecule has 0 saturated heterocycles. The molecule has 0 aromatic carbocycles. The molecular weight excluding hydrogens is 306 g/mol. The van der Waals surface area contributed by atoms with Crippen LogP contribution in [0.4, 0.5) is 5.69 Å². The van der Waals surface area contributed by atoms with Crippen molar-refractivity contribution >= 4 is 17.1 Å². The fourth-order valence-electron chi connectivity index (χ4n) is 3.38. The molecule has 0 bridgehead atoms. The van der Waals surface area contributed by atoms with Gasteiger partial charge in [-0.1, -0.05) is 19.1 Å². The summed E-state index contributed by atoms with van der Waals surface area (Å²) in [5, 5.41) is 3.62. The highest BCUT2D eigenvalue weighted by atomic mass is 15.0. The number of aryl methyl sites for hydroxylation is 1. The molecule has 2 fully saturated rings. The molecule has 3 nitrogen and oxygen atoms in total. The fraction of sp³-hybridized carbons (Fsp3) is 0.500. The van der Waals surface area contributed by atoms with Gasteiger partial charge in [-0.25, -0.2) is 0 Å². The van der Waals surface area contributed by atoms with Gasteiger partial charge in [-0.05, 0) is 58.4 Å². The Morgan fingerprint density at radius 2 is 2.12 bits per heavy atom. The summed E-state index contributed by atoms with van der Waals surface area (Å²) in [4.78, 5) is 8.19. The van der Waals surface area contributed by atoms with Crippen LogP contribution in [-0.2, 0) is 0 Å². The average Bonchev–Trinajstić information content (AvgIpc) is 3.49. The molecule has 2 aliphatic rings. The van der Waals surface area contributed by atoms with Crippen molar-refractivity contribution in [1.82, 2.24) is 10.3 Å². The van der Waals surface area contributed by atoms with Crippen molar-refractivity contribution in [3.8, 4) is 12.3 Å². The Kier molecular flexibility index (Phi) is 4.64. The van der Waals surface area contributed by atoms with Gasteiger partial charge in [0, 0.05) is 46.2 Å². The van der Waals surface area contributed by atoms with Gasteiger partial charge in [-0.3, -0.25) is 4.99 Å². The topological polar surface area (TPSA) is 40.2 Å². The highest BCUT2D eigenvalue weighted by Gasteiger charge is 2.40. The van der Waals surface area contributed by atoms with E-state index in [0.717, 1.165) is 28.4 Å². The summed E-state index contributed by atoms with van der Waals surface area (Å²) < 4.78 is 0. The first kappa shape index (κ1) is 17.6. The summed E-state index contributed by atoms with van der Waals surface area (Å²) in [5.74, 6) is 4.15. The van der Waals surface area contributed by atoms with Gasteiger partial charge in [0.1, 0.15) is 0 Å². The molecule has 25 heavy (non-hydrogen) atoms. The Bertz CT molecular complexity index is 749.